The third-order valence-electron chi connectivity index (χ3n) is 1.23. The Balaban J connectivity index is 2.65. The van der Waals surface area contributed by atoms with Crippen LogP contribution in [0.25, 0.3) is 0 Å². The summed E-state index contributed by atoms with van der Waals surface area (Å²) in [7, 11) is 0. The molecule has 0 amide bonds. The molecule has 0 saturated heterocycles. The van der Waals surface area contributed by atoms with E-state index in [2.05, 4.69) is 6.92 Å². The van der Waals surface area contributed by atoms with Gasteiger partial charge in [0.1, 0.15) is 0 Å². The fourth-order valence-electron chi connectivity index (χ4n) is 0.745. The maximum atomic E-state index is 10.5. The van der Waals surface area contributed by atoms with Gasteiger partial charge >= 0.3 is 5.97 Å². The Labute approximate surface area is 69.8 Å². The van der Waals surface area contributed by atoms with E-state index in [0.29, 0.717) is 5.06 Å². The van der Waals surface area contributed by atoms with E-state index in [1.807, 2.05) is 12.1 Å². The van der Waals surface area contributed by atoms with Crippen LogP contribution in [-0.4, -0.2) is 5.97 Å². The molecule has 0 aliphatic carbocycles. The van der Waals surface area contributed by atoms with Gasteiger partial charge in [0.25, 0.3) is 0 Å². The van der Waals surface area contributed by atoms with E-state index in [0.717, 1.165) is 6.42 Å². The first-order valence-corrected chi connectivity index (χ1v) is 4.31. The van der Waals surface area contributed by atoms with Crippen LogP contribution in [-0.2, 0) is 11.2 Å². The van der Waals surface area contributed by atoms with Crippen molar-refractivity contribution in [3.63, 3.8) is 0 Å². The van der Waals surface area contributed by atoms with Gasteiger partial charge in [-0.25, -0.2) is 0 Å². The van der Waals surface area contributed by atoms with E-state index in [1.165, 1.54) is 23.1 Å². The molecule has 0 spiro atoms. The minimum atomic E-state index is -0.255. The zero-order valence-corrected chi connectivity index (χ0v) is 7.40. The van der Waals surface area contributed by atoms with Crippen LogP contribution >= 0.6 is 11.3 Å². The van der Waals surface area contributed by atoms with E-state index in [4.69, 9.17) is 4.74 Å². The summed E-state index contributed by atoms with van der Waals surface area (Å²) in [5.74, 6) is -0.255. The summed E-state index contributed by atoms with van der Waals surface area (Å²) in [5, 5.41) is 0.689. The first-order chi connectivity index (χ1) is 5.22. The number of carbonyl (C=O) groups excluding carboxylic acids is 1. The lowest BCUT2D eigenvalue weighted by Gasteiger charge is -1.92. The highest BCUT2D eigenvalue weighted by Crippen LogP contribution is 2.24. The molecule has 0 N–H and O–H groups in total. The molecule has 60 valence electrons. The van der Waals surface area contributed by atoms with E-state index < -0.39 is 0 Å². The Morgan fingerprint density at radius 3 is 2.82 bits per heavy atom. The number of esters is 1. The first-order valence-electron chi connectivity index (χ1n) is 3.49. The average molecular weight is 170 g/mol. The fraction of sp³-hybridized carbons (Fsp3) is 0.375. The number of ether oxygens (including phenoxy) is 1. The second kappa shape index (κ2) is 3.53. The van der Waals surface area contributed by atoms with E-state index in [9.17, 15) is 4.79 Å². The molecule has 0 aliphatic rings. The fourth-order valence-corrected chi connectivity index (χ4v) is 1.58. The highest BCUT2D eigenvalue weighted by molar-refractivity contribution is 7.13. The monoisotopic (exact) mass is 170 g/mol. The van der Waals surface area contributed by atoms with Crippen LogP contribution in [0, 0.1) is 0 Å². The van der Waals surface area contributed by atoms with Gasteiger partial charge in [-0.05, 0) is 18.6 Å². The van der Waals surface area contributed by atoms with E-state index >= 15 is 0 Å². The van der Waals surface area contributed by atoms with Gasteiger partial charge in [0.05, 0.1) is 0 Å². The van der Waals surface area contributed by atoms with Crippen LogP contribution in [0.4, 0.5) is 0 Å². The summed E-state index contributed by atoms with van der Waals surface area (Å²) in [6.07, 6.45) is 0.992. The molecular formula is C8H10O2S. The Morgan fingerprint density at radius 2 is 2.36 bits per heavy atom. The Kier molecular flexibility index (Phi) is 2.65. The number of carbonyl (C=O) groups is 1. The van der Waals surface area contributed by atoms with Crippen molar-refractivity contribution in [1.82, 2.24) is 0 Å². The van der Waals surface area contributed by atoms with Gasteiger partial charge in [0.2, 0.25) is 0 Å². The topological polar surface area (TPSA) is 26.3 Å². The average Bonchev–Trinajstić information content (AvgIpc) is 2.34. The Hall–Kier alpha value is -0.830. The molecule has 1 aromatic rings. The van der Waals surface area contributed by atoms with Crippen molar-refractivity contribution < 1.29 is 9.53 Å². The van der Waals surface area contributed by atoms with Crippen LogP contribution in [0.5, 0.6) is 5.06 Å². The molecule has 1 rings (SSSR count). The lowest BCUT2D eigenvalue weighted by molar-refractivity contribution is -0.131. The van der Waals surface area contributed by atoms with Crippen LogP contribution in [0.1, 0.15) is 18.7 Å². The second-order valence-electron chi connectivity index (χ2n) is 2.17. The minimum absolute atomic E-state index is 0.255. The second-order valence-corrected chi connectivity index (χ2v) is 3.30. The van der Waals surface area contributed by atoms with Crippen LogP contribution in [0.2, 0.25) is 0 Å². The Morgan fingerprint density at radius 1 is 1.64 bits per heavy atom. The highest BCUT2D eigenvalue weighted by Gasteiger charge is 2.00. The molecule has 3 heteroatoms. The van der Waals surface area contributed by atoms with Gasteiger partial charge < -0.3 is 4.74 Å². The van der Waals surface area contributed by atoms with E-state index in [-0.39, 0.29) is 5.97 Å². The largest absolute Gasteiger partial charge is 0.416 e. The molecule has 0 atom stereocenters. The number of aryl methyl sites for hydroxylation is 1. The SMILES string of the molecule is CCc1ccc(OC(C)=O)s1. The highest BCUT2D eigenvalue weighted by atomic mass is 32.1. The third kappa shape index (κ3) is 2.35. The van der Waals surface area contributed by atoms with Crippen molar-refractivity contribution >= 4 is 17.3 Å². The van der Waals surface area contributed by atoms with E-state index in [1.54, 1.807) is 0 Å². The van der Waals surface area contributed by atoms with Crippen molar-refractivity contribution in [1.29, 1.82) is 0 Å². The molecule has 0 radical (unpaired) electrons. The molecule has 0 fully saturated rings. The van der Waals surface area contributed by atoms with Crippen LogP contribution < -0.4 is 4.74 Å². The van der Waals surface area contributed by atoms with Gasteiger partial charge in [-0.15, -0.1) is 11.3 Å². The first kappa shape index (κ1) is 8.27. The van der Waals surface area contributed by atoms with Gasteiger partial charge in [0, 0.05) is 11.8 Å². The summed E-state index contributed by atoms with van der Waals surface area (Å²) >= 11 is 1.52. The van der Waals surface area contributed by atoms with Crippen molar-refractivity contribution in [2.45, 2.75) is 20.3 Å². The van der Waals surface area contributed by atoms with Gasteiger partial charge in [-0.2, -0.15) is 0 Å². The van der Waals surface area contributed by atoms with Gasteiger partial charge in [-0.3, -0.25) is 4.79 Å². The molecule has 1 aromatic heterocycles. The van der Waals surface area contributed by atoms with Crippen molar-refractivity contribution in [3.8, 4) is 5.06 Å². The third-order valence-corrected chi connectivity index (χ3v) is 2.34. The zero-order chi connectivity index (χ0) is 8.27. The summed E-state index contributed by atoms with van der Waals surface area (Å²) in [5.41, 5.74) is 0. The number of hydrogen-bond acceptors (Lipinski definition) is 3. The number of hydrogen-bond donors (Lipinski definition) is 0. The van der Waals surface area contributed by atoms with Crippen LogP contribution in [0.15, 0.2) is 12.1 Å². The molecule has 1 heterocycles. The summed E-state index contributed by atoms with van der Waals surface area (Å²) < 4.78 is 4.88. The number of rotatable bonds is 2. The van der Waals surface area contributed by atoms with Crippen LogP contribution in [0.3, 0.4) is 0 Å². The van der Waals surface area contributed by atoms with Gasteiger partial charge in [-0.1, -0.05) is 6.92 Å². The lowest BCUT2D eigenvalue weighted by atomic mass is 10.4. The molecule has 11 heavy (non-hydrogen) atoms. The van der Waals surface area contributed by atoms with Crippen molar-refractivity contribution in [2.75, 3.05) is 0 Å². The molecule has 0 bridgehead atoms. The molecule has 2 nitrogen and oxygen atoms in total. The molecule has 0 aliphatic heterocycles. The standard InChI is InChI=1S/C8H10O2S/c1-3-7-4-5-8(11-7)10-6(2)9/h4-5H,3H2,1-2H3. The summed E-state index contributed by atoms with van der Waals surface area (Å²) in [6.45, 7) is 3.48. The minimum Gasteiger partial charge on any atom is -0.416 e. The zero-order valence-electron chi connectivity index (χ0n) is 6.59. The van der Waals surface area contributed by atoms with Crippen molar-refractivity contribution in [3.05, 3.63) is 17.0 Å². The molecule has 0 unspecified atom stereocenters. The summed E-state index contributed by atoms with van der Waals surface area (Å²) in [4.78, 5) is 11.7. The van der Waals surface area contributed by atoms with Gasteiger partial charge in [0.15, 0.2) is 5.06 Å². The summed E-state index contributed by atoms with van der Waals surface area (Å²) in [6, 6.07) is 3.80. The lowest BCUT2D eigenvalue weighted by Crippen LogP contribution is -1.98. The Bertz CT molecular complexity index is 252. The predicted octanol–water partition coefficient (Wildman–Crippen LogP) is 2.24. The molecular weight excluding hydrogens is 160 g/mol. The quantitative estimate of drug-likeness (QED) is 0.636. The van der Waals surface area contributed by atoms with Crippen molar-refractivity contribution in [2.24, 2.45) is 0 Å². The molecule has 0 aromatic carbocycles. The predicted molar refractivity (Wildman–Crippen MR) is 45.0 cm³/mol. The maximum absolute atomic E-state index is 10.5. The normalized spacial score (nSPS) is 9.64. The smallest absolute Gasteiger partial charge is 0.308 e. The maximum Gasteiger partial charge on any atom is 0.308 e. The number of thiophene rings is 1. The molecule has 0 saturated carbocycles.